The van der Waals surface area contributed by atoms with E-state index in [-0.39, 0.29) is 0 Å². The summed E-state index contributed by atoms with van der Waals surface area (Å²) >= 11 is 1.51. The van der Waals surface area contributed by atoms with Crippen molar-refractivity contribution in [1.82, 2.24) is 14.5 Å². The molecule has 0 fully saturated rings. The van der Waals surface area contributed by atoms with Crippen LogP contribution >= 0.6 is 11.3 Å². The van der Waals surface area contributed by atoms with E-state index in [1.165, 1.54) is 11.3 Å². The molecule has 2 heterocycles. The molecule has 2 aromatic rings. The van der Waals surface area contributed by atoms with Crippen LogP contribution in [0.5, 0.6) is 0 Å². The summed E-state index contributed by atoms with van der Waals surface area (Å²) in [6.45, 7) is 4.91. The van der Waals surface area contributed by atoms with E-state index in [1.807, 2.05) is 11.5 Å². The lowest BCUT2D eigenvalue weighted by Crippen LogP contribution is -1.96. The van der Waals surface area contributed by atoms with E-state index >= 15 is 0 Å². The lowest BCUT2D eigenvalue weighted by molar-refractivity contribution is 0.767. The highest BCUT2D eigenvalue weighted by Crippen LogP contribution is 2.29. The van der Waals surface area contributed by atoms with Crippen molar-refractivity contribution in [3.05, 3.63) is 17.5 Å². The second kappa shape index (κ2) is 3.42. The summed E-state index contributed by atoms with van der Waals surface area (Å²) in [5, 5.41) is 1.75. The molecule has 0 bridgehead atoms. The number of nitrogen functional groups attached to an aromatic ring is 1. The number of hydrogen-bond acceptors (Lipinski definition) is 4. The Morgan fingerprint density at radius 1 is 1.57 bits per heavy atom. The average Bonchev–Trinajstić information content (AvgIpc) is 2.71. The van der Waals surface area contributed by atoms with E-state index in [0.29, 0.717) is 0 Å². The highest BCUT2D eigenvalue weighted by atomic mass is 32.1. The van der Waals surface area contributed by atoms with Gasteiger partial charge in [0, 0.05) is 6.54 Å². The molecule has 0 amide bonds. The lowest BCUT2D eigenvalue weighted by Gasteiger charge is -2.02. The lowest BCUT2D eigenvalue weighted by atomic mass is 10.3. The van der Waals surface area contributed by atoms with E-state index in [4.69, 9.17) is 5.73 Å². The molecule has 0 aliphatic carbocycles. The van der Waals surface area contributed by atoms with Crippen molar-refractivity contribution >= 4 is 16.3 Å². The maximum atomic E-state index is 5.87. The quantitative estimate of drug-likeness (QED) is 0.820. The summed E-state index contributed by atoms with van der Waals surface area (Å²) in [6, 6.07) is 0. The highest BCUT2D eigenvalue weighted by molar-refractivity contribution is 7.16. The first-order chi connectivity index (χ1) is 6.72. The topological polar surface area (TPSA) is 56.7 Å². The molecule has 0 atom stereocenters. The number of nitrogens with zero attached hydrogens (tertiary/aromatic N) is 3. The van der Waals surface area contributed by atoms with Gasteiger partial charge in [-0.1, -0.05) is 0 Å². The van der Waals surface area contributed by atoms with Crippen LogP contribution in [0, 0.1) is 6.92 Å². The molecule has 0 saturated carbocycles. The predicted octanol–water partition coefficient (Wildman–Crippen LogP) is 1.92. The van der Waals surface area contributed by atoms with Gasteiger partial charge in [0.15, 0.2) is 0 Å². The van der Waals surface area contributed by atoms with Gasteiger partial charge in [-0.3, -0.25) is 0 Å². The smallest absolute Gasteiger partial charge is 0.123 e. The number of hydrogen-bond donors (Lipinski definition) is 1. The Morgan fingerprint density at radius 3 is 2.93 bits per heavy atom. The zero-order chi connectivity index (χ0) is 10.1. The van der Waals surface area contributed by atoms with E-state index < -0.39 is 0 Å². The molecule has 4 nitrogen and oxygen atoms in total. The minimum atomic E-state index is 0.762. The van der Waals surface area contributed by atoms with E-state index in [1.54, 1.807) is 12.5 Å². The number of nitrogens with two attached hydrogens (primary N) is 1. The van der Waals surface area contributed by atoms with Crippen molar-refractivity contribution in [2.75, 3.05) is 5.73 Å². The summed E-state index contributed by atoms with van der Waals surface area (Å²) in [5.41, 5.74) is 7.72. The van der Waals surface area contributed by atoms with Gasteiger partial charge in [-0.15, -0.1) is 11.3 Å². The normalized spacial score (nSPS) is 10.7. The van der Waals surface area contributed by atoms with E-state index in [2.05, 4.69) is 16.9 Å². The minimum Gasteiger partial charge on any atom is -0.389 e. The summed E-state index contributed by atoms with van der Waals surface area (Å²) < 4.78 is 2.03. The first-order valence-corrected chi connectivity index (χ1v) is 5.27. The van der Waals surface area contributed by atoms with Crippen LogP contribution < -0.4 is 5.73 Å². The third kappa shape index (κ3) is 1.39. The van der Waals surface area contributed by atoms with E-state index in [0.717, 1.165) is 27.9 Å². The predicted molar refractivity (Wildman–Crippen MR) is 58.2 cm³/mol. The van der Waals surface area contributed by atoms with E-state index in [9.17, 15) is 0 Å². The van der Waals surface area contributed by atoms with Gasteiger partial charge in [0.25, 0.3) is 0 Å². The van der Waals surface area contributed by atoms with Gasteiger partial charge < -0.3 is 10.3 Å². The summed E-state index contributed by atoms with van der Waals surface area (Å²) in [4.78, 5) is 8.49. The Morgan fingerprint density at radius 2 is 2.36 bits per heavy atom. The van der Waals surface area contributed by atoms with Gasteiger partial charge in [-0.05, 0) is 13.8 Å². The van der Waals surface area contributed by atoms with Crippen molar-refractivity contribution in [2.24, 2.45) is 0 Å². The minimum absolute atomic E-state index is 0.762. The third-order valence-electron chi connectivity index (χ3n) is 2.06. The average molecular weight is 208 g/mol. The number of aryl methyl sites for hydroxylation is 2. The Balaban J connectivity index is 2.53. The first kappa shape index (κ1) is 9.21. The zero-order valence-electron chi connectivity index (χ0n) is 8.19. The first-order valence-electron chi connectivity index (χ1n) is 4.45. The molecule has 0 aromatic carbocycles. The standard InChI is InChI=1S/C9H12N4S/c1-3-13-5-11-4-7(13)8-9(10)14-6(2)12-8/h4-5H,3,10H2,1-2H3. The van der Waals surface area contributed by atoms with Crippen LogP contribution in [0.2, 0.25) is 0 Å². The number of aromatic nitrogens is 3. The third-order valence-corrected chi connectivity index (χ3v) is 2.86. The molecule has 2 rings (SSSR count). The summed E-state index contributed by atoms with van der Waals surface area (Å²) in [5.74, 6) is 0. The Hall–Kier alpha value is -1.36. The number of imidazole rings is 1. The maximum absolute atomic E-state index is 5.87. The fourth-order valence-corrected chi connectivity index (χ4v) is 2.10. The SMILES string of the molecule is CCn1cncc1-c1nc(C)sc1N. The summed E-state index contributed by atoms with van der Waals surface area (Å²) in [7, 11) is 0. The zero-order valence-corrected chi connectivity index (χ0v) is 9.01. The van der Waals surface area contributed by atoms with Crippen LogP contribution in [0.3, 0.4) is 0 Å². The van der Waals surface area contributed by atoms with Gasteiger partial charge in [0.05, 0.1) is 23.2 Å². The highest BCUT2D eigenvalue weighted by Gasteiger charge is 2.11. The van der Waals surface area contributed by atoms with Gasteiger partial charge in [0.2, 0.25) is 0 Å². The fourth-order valence-electron chi connectivity index (χ4n) is 1.40. The Labute approximate surface area is 86.4 Å². The number of rotatable bonds is 2. The van der Waals surface area contributed by atoms with Gasteiger partial charge in [-0.2, -0.15) is 0 Å². The summed E-state index contributed by atoms with van der Waals surface area (Å²) in [6.07, 6.45) is 3.60. The molecule has 0 aliphatic heterocycles. The van der Waals surface area contributed by atoms with Gasteiger partial charge >= 0.3 is 0 Å². The molecule has 2 aromatic heterocycles. The largest absolute Gasteiger partial charge is 0.389 e. The van der Waals surface area contributed by atoms with Crippen molar-refractivity contribution in [3.8, 4) is 11.4 Å². The molecule has 74 valence electrons. The molecular weight excluding hydrogens is 196 g/mol. The van der Waals surface area contributed by atoms with Crippen LogP contribution in [0.1, 0.15) is 11.9 Å². The maximum Gasteiger partial charge on any atom is 0.123 e. The molecule has 0 unspecified atom stereocenters. The molecule has 0 aliphatic rings. The van der Waals surface area contributed by atoms with Crippen molar-refractivity contribution in [1.29, 1.82) is 0 Å². The molecule has 5 heteroatoms. The molecule has 2 N–H and O–H groups in total. The molecule has 0 spiro atoms. The van der Waals surface area contributed by atoms with Crippen molar-refractivity contribution in [3.63, 3.8) is 0 Å². The Bertz CT molecular complexity index is 443. The van der Waals surface area contributed by atoms with Crippen LogP contribution in [0.15, 0.2) is 12.5 Å². The Kier molecular flexibility index (Phi) is 2.25. The monoisotopic (exact) mass is 208 g/mol. The van der Waals surface area contributed by atoms with Crippen LogP contribution in [-0.4, -0.2) is 14.5 Å². The number of thiazole rings is 1. The van der Waals surface area contributed by atoms with Crippen LogP contribution in [0.25, 0.3) is 11.4 Å². The van der Waals surface area contributed by atoms with Crippen LogP contribution in [-0.2, 0) is 6.54 Å². The van der Waals surface area contributed by atoms with Crippen LogP contribution in [0.4, 0.5) is 5.00 Å². The molecule has 0 saturated heterocycles. The van der Waals surface area contributed by atoms with Crippen molar-refractivity contribution < 1.29 is 0 Å². The molecular formula is C9H12N4S. The van der Waals surface area contributed by atoms with Crippen molar-refractivity contribution in [2.45, 2.75) is 20.4 Å². The molecule has 0 radical (unpaired) electrons. The number of anilines is 1. The fraction of sp³-hybridized carbons (Fsp3) is 0.333. The van der Waals surface area contributed by atoms with Gasteiger partial charge in [0.1, 0.15) is 10.7 Å². The second-order valence-electron chi connectivity index (χ2n) is 3.01. The second-order valence-corrected chi connectivity index (χ2v) is 4.25. The van der Waals surface area contributed by atoms with Gasteiger partial charge in [-0.25, -0.2) is 9.97 Å². The molecule has 14 heavy (non-hydrogen) atoms.